The second-order valence-electron chi connectivity index (χ2n) is 3.90. The number of hydrogen-bond donors (Lipinski definition) is 0. The van der Waals surface area contributed by atoms with Crippen LogP contribution in [0.3, 0.4) is 0 Å². The topological polar surface area (TPSA) is 3.24 Å². The molecule has 0 N–H and O–H groups in total. The molecule has 2 aromatic carbocycles. The predicted octanol–water partition coefficient (Wildman–Crippen LogP) is 2.02. The quantitative estimate of drug-likeness (QED) is 0.512. The third-order valence-electron chi connectivity index (χ3n) is 2.71. The van der Waals surface area contributed by atoms with Gasteiger partial charge in [0.25, 0.3) is 0 Å². The van der Waals surface area contributed by atoms with Crippen LogP contribution in [0.2, 0.25) is 0 Å². The monoisotopic (exact) mass is 257 g/mol. The van der Waals surface area contributed by atoms with Crippen LogP contribution >= 0.6 is 11.3 Å². The molecule has 3 heteroatoms. The van der Waals surface area contributed by atoms with Crippen LogP contribution in [0.5, 0.6) is 0 Å². The molecule has 0 aliphatic rings. The van der Waals surface area contributed by atoms with Crippen LogP contribution in [0.1, 0.15) is 0 Å². The number of rotatable bonds is 3. The first-order valence-electron chi connectivity index (χ1n) is 5.81. The standard InChI is InChI=1S/C16H12NS.Li/c1-3-8-14(9-4-1)17(16-12-7-13-18-16)15-10-5-2-6-11-15;/h1-12H;/q-1;+1. The van der Waals surface area contributed by atoms with E-state index in [0.29, 0.717) is 0 Å². The molecule has 0 radical (unpaired) electrons. The van der Waals surface area contributed by atoms with Crippen molar-refractivity contribution >= 4 is 27.7 Å². The van der Waals surface area contributed by atoms with Crippen LogP contribution in [0.4, 0.5) is 16.4 Å². The van der Waals surface area contributed by atoms with Crippen molar-refractivity contribution < 1.29 is 18.9 Å². The first-order chi connectivity index (χ1) is 8.95. The summed E-state index contributed by atoms with van der Waals surface area (Å²) in [6.07, 6.45) is 0. The number of nitrogens with zero attached hydrogens (tertiary/aromatic N) is 1. The largest absolute Gasteiger partial charge is 1.00 e. The number of hydrogen-bond acceptors (Lipinski definition) is 2. The zero-order valence-electron chi connectivity index (χ0n) is 10.8. The van der Waals surface area contributed by atoms with Gasteiger partial charge >= 0.3 is 18.9 Å². The summed E-state index contributed by atoms with van der Waals surface area (Å²) in [5.41, 5.74) is 2.33. The van der Waals surface area contributed by atoms with Crippen LogP contribution < -0.4 is 23.8 Å². The van der Waals surface area contributed by atoms with Gasteiger partial charge < -0.3 is 4.90 Å². The number of benzene rings is 2. The second kappa shape index (κ2) is 6.63. The molecule has 0 aliphatic carbocycles. The summed E-state index contributed by atoms with van der Waals surface area (Å²) in [5.74, 6) is 0. The zero-order chi connectivity index (χ0) is 12.2. The van der Waals surface area contributed by atoms with Crippen LogP contribution in [-0.2, 0) is 0 Å². The molecule has 0 bridgehead atoms. The Bertz CT molecular complexity index is 554. The SMILES string of the molecule is [Li+].[c-]1ccc(N(c2ccccc2)c2ccccc2)s1. The molecule has 0 spiro atoms. The third-order valence-corrected chi connectivity index (χ3v) is 3.49. The van der Waals surface area contributed by atoms with E-state index in [1.807, 2.05) is 18.2 Å². The average molecular weight is 257 g/mol. The smallest absolute Gasteiger partial charge is 0.367 e. The fourth-order valence-corrected chi connectivity index (χ4v) is 2.61. The number of anilines is 3. The Morgan fingerprint density at radius 3 is 1.68 bits per heavy atom. The average Bonchev–Trinajstić information content (AvgIpc) is 2.95. The summed E-state index contributed by atoms with van der Waals surface area (Å²) in [7, 11) is 0. The van der Waals surface area contributed by atoms with E-state index in [0.717, 1.165) is 0 Å². The van der Waals surface area contributed by atoms with Gasteiger partial charge in [0.05, 0.1) is 0 Å². The van der Waals surface area contributed by atoms with E-state index < -0.39 is 0 Å². The van der Waals surface area contributed by atoms with Crippen LogP contribution in [0.15, 0.2) is 72.8 Å². The molecule has 0 saturated heterocycles. The Labute approximate surface area is 129 Å². The summed E-state index contributed by atoms with van der Waals surface area (Å²) in [4.78, 5) is 2.24. The van der Waals surface area contributed by atoms with Crippen molar-refractivity contribution in [2.24, 2.45) is 0 Å². The van der Waals surface area contributed by atoms with Crippen molar-refractivity contribution in [1.29, 1.82) is 0 Å². The van der Waals surface area contributed by atoms with Gasteiger partial charge in [-0.2, -0.15) is 12.1 Å². The number of para-hydroxylation sites is 2. The van der Waals surface area contributed by atoms with E-state index in [9.17, 15) is 0 Å². The second-order valence-corrected chi connectivity index (χ2v) is 4.76. The molecule has 88 valence electrons. The fourth-order valence-electron chi connectivity index (χ4n) is 1.91. The van der Waals surface area contributed by atoms with E-state index in [-0.39, 0.29) is 18.9 Å². The summed E-state index contributed by atoms with van der Waals surface area (Å²) >= 11 is 1.62. The Hall–Kier alpha value is -1.46. The van der Waals surface area contributed by atoms with E-state index >= 15 is 0 Å². The molecule has 19 heavy (non-hydrogen) atoms. The van der Waals surface area contributed by atoms with Crippen molar-refractivity contribution in [2.75, 3.05) is 4.90 Å². The molecule has 0 atom stereocenters. The third kappa shape index (κ3) is 3.11. The predicted molar refractivity (Wildman–Crippen MR) is 77.8 cm³/mol. The molecule has 0 fully saturated rings. The van der Waals surface area contributed by atoms with Gasteiger partial charge in [0.2, 0.25) is 0 Å². The minimum atomic E-state index is 0. The van der Waals surface area contributed by atoms with Gasteiger partial charge in [-0.1, -0.05) is 41.4 Å². The Morgan fingerprint density at radius 1 is 0.737 bits per heavy atom. The van der Waals surface area contributed by atoms with E-state index in [1.165, 1.54) is 16.4 Å². The molecule has 0 amide bonds. The first-order valence-corrected chi connectivity index (χ1v) is 6.63. The van der Waals surface area contributed by atoms with Crippen molar-refractivity contribution in [3.8, 4) is 0 Å². The fraction of sp³-hybridized carbons (Fsp3) is 0. The van der Waals surface area contributed by atoms with Gasteiger partial charge in [-0.3, -0.25) is 11.3 Å². The molecule has 3 rings (SSSR count). The molecule has 3 aromatic rings. The molecular formula is C16H12LiNS. The molecule has 1 heterocycles. The van der Waals surface area contributed by atoms with Crippen LogP contribution in [0, 0.1) is 5.38 Å². The molecule has 1 aromatic heterocycles. The van der Waals surface area contributed by atoms with Crippen molar-refractivity contribution in [3.63, 3.8) is 0 Å². The molecule has 0 aliphatic heterocycles. The van der Waals surface area contributed by atoms with Crippen molar-refractivity contribution in [3.05, 3.63) is 78.2 Å². The van der Waals surface area contributed by atoms with Gasteiger partial charge in [-0.05, 0) is 24.3 Å². The van der Waals surface area contributed by atoms with Crippen LogP contribution in [-0.4, -0.2) is 0 Å². The summed E-state index contributed by atoms with van der Waals surface area (Å²) in [6.45, 7) is 0. The van der Waals surface area contributed by atoms with Gasteiger partial charge in [0, 0.05) is 11.4 Å². The van der Waals surface area contributed by atoms with Crippen LogP contribution in [0.25, 0.3) is 0 Å². The van der Waals surface area contributed by atoms with E-state index in [2.05, 4.69) is 64.9 Å². The summed E-state index contributed by atoms with van der Waals surface area (Å²) < 4.78 is 0. The first kappa shape index (κ1) is 14.0. The van der Waals surface area contributed by atoms with Gasteiger partial charge in [-0.15, -0.1) is 5.38 Å². The number of thiophene rings is 1. The van der Waals surface area contributed by atoms with Crippen molar-refractivity contribution in [2.45, 2.75) is 0 Å². The molecule has 0 unspecified atom stereocenters. The zero-order valence-corrected chi connectivity index (χ0v) is 11.6. The summed E-state index contributed by atoms with van der Waals surface area (Å²) in [6, 6.07) is 24.8. The van der Waals surface area contributed by atoms with E-state index in [1.54, 1.807) is 11.3 Å². The molecule has 0 saturated carbocycles. The summed E-state index contributed by atoms with van der Waals surface area (Å²) in [5, 5.41) is 4.32. The van der Waals surface area contributed by atoms with Gasteiger partial charge in [-0.25, -0.2) is 0 Å². The van der Waals surface area contributed by atoms with E-state index in [4.69, 9.17) is 0 Å². The maximum atomic E-state index is 3.15. The molecular weight excluding hydrogens is 245 g/mol. The maximum absolute atomic E-state index is 3.15. The van der Waals surface area contributed by atoms with Gasteiger partial charge in [0.15, 0.2) is 0 Å². The normalized spacial score (nSPS) is 9.68. The Morgan fingerprint density at radius 2 is 1.26 bits per heavy atom. The van der Waals surface area contributed by atoms with Crippen molar-refractivity contribution in [1.82, 2.24) is 0 Å². The Kier molecular flexibility index (Phi) is 4.87. The van der Waals surface area contributed by atoms with Gasteiger partial charge in [0.1, 0.15) is 0 Å². The molecule has 1 nitrogen and oxygen atoms in total. The minimum Gasteiger partial charge on any atom is -0.367 e. The maximum Gasteiger partial charge on any atom is 1.00 e. The minimum absolute atomic E-state index is 0. The Balaban J connectivity index is 0.00000133.